The van der Waals surface area contributed by atoms with Crippen LogP contribution in [0, 0.1) is 11.3 Å². The molecule has 0 bridgehead atoms. The second-order valence-electron chi connectivity index (χ2n) is 5.65. The Morgan fingerprint density at radius 3 is 2.31 bits per heavy atom. The molecule has 6 heteroatoms. The lowest BCUT2D eigenvalue weighted by Gasteiger charge is -2.26. The van der Waals surface area contributed by atoms with Crippen LogP contribution in [0.25, 0.3) is 0 Å². The van der Waals surface area contributed by atoms with Crippen LogP contribution in [0.5, 0.6) is 0 Å². The van der Waals surface area contributed by atoms with Crippen LogP contribution in [-0.2, 0) is 19.9 Å². The largest absolute Gasteiger partial charge is 0.465 e. The van der Waals surface area contributed by atoms with Crippen LogP contribution < -0.4 is 5.32 Å². The van der Waals surface area contributed by atoms with E-state index < -0.39 is 11.6 Å². The summed E-state index contributed by atoms with van der Waals surface area (Å²) >= 11 is 0. The maximum atomic E-state index is 13.3. The molecule has 1 aliphatic heterocycles. The first-order valence-electron chi connectivity index (χ1n) is 7.93. The molecule has 0 amide bonds. The number of nitrogens with zero attached hydrogens (tertiary/aromatic N) is 1. The maximum Gasteiger partial charge on any atom is 0.354 e. The minimum atomic E-state index is -1.38. The van der Waals surface area contributed by atoms with E-state index in [0.717, 1.165) is 0 Å². The minimum absolute atomic E-state index is 0.0625. The molecule has 0 aliphatic carbocycles. The van der Waals surface area contributed by atoms with Crippen molar-refractivity contribution in [3.63, 3.8) is 0 Å². The monoisotopic (exact) mass is 348 g/mol. The van der Waals surface area contributed by atoms with Crippen LogP contribution in [0.15, 0.2) is 72.1 Å². The van der Waals surface area contributed by atoms with Gasteiger partial charge in [0.15, 0.2) is 5.57 Å². The summed E-state index contributed by atoms with van der Waals surface area (Å²) in [5.74, 6) is -1.16. The van der Waals surface area contributed by atoms with Crippen molar-refractivity contribution in [1.29, 1.82) is 5.26 Å². The highest BCUT2D eigenvalue weighted by atomic mass is 16.5. The highest BCUT2D eigenvalue weighted by Gasteiger charge is 2.48. The maximum absolute atomic E-state index is 13.3. The molecule has 0 radical (unpaired) electrons. The highest BCUT2D eigenvalue weighted by Crippen LogP contribution is 2.36. The number of hydrogen-bond donors (Lipinski definition) is 1. The molecule has 1 saturated heterocycles. The molecular formula is C20H16N2O4. The fourth-order valence-electron chi connectivity index (χ4n) is 2.83. The molecule has 130 valence electrons. The second-order valence-corrected chi connectivity index (χ2v) is 5.65. The summed E-state index contributed by atoms with van der Waals surface area (Å²) in [5, 5.41) is 12.1. The third kappa shape index (κ3) is 2.91. The van der Waals surface area contributed by atoms with E-state index >= 15 is 0 Å². The van der Waals surface area contributed by atoms with E-state index in [-0.39, 0.29) is 23.8 Å². The number of carbonyl (C=O) groups is 2. The number of ketones is 1. The first kappa shape index (κ1) is 17.2. The number of esters is 1. The normalized spacial score (nSPS) is 20.3. The zero-order chi connectivity index (χ0) is 18.6. The van der Waals surface area contributed by atoms with Crippen LogP contribution >= 0.6 is 0 Å². The van der Waals surface area contributed by atoms with E-state index in [2.05, 4.69) is 10.1 Å². The van der Waals surface area contributed by atoms with Gasteiger partial charge in [0, 0.05) is 11.1 Å². The molecule has 1 heterocycles. The van der Waals surface area contributed by atoms with Crippen LogP contribution in [-0.4, -0.2) is 25.4 Å². The molecule has 1 atom stereocenters. The number of carbonyl (C=O) groups excluding carboxylic acids is 2. The Morgan fingerprint density at radius 2 is 1.73 bits per heavy atom. The number of nitrogens with one attached hydrogen (secondary N) is 1. The van der Waals surface area contributed by atoms with Crippen molar-refractivity contribution in [2.45, 2.75) is 5.60 Å². The van der Waals surface area contributed by atoms with Gasteiger partial charge in [-0.25, -0.2) is 4.79 Å². The fourth-order valence-corrected chi connectivity index (χ4v) is 2.83. The number of Topliss-reactive ketones (excluding diaryl/α,β-unsaturated/α-hetero) is 1. The van der Waals surface area contributed by atoms with Gasteiger partial charge < -0.3 is 14.8 Å². The van der Waals surface area contributed by atoms with Crippen molar-refractivity contribution in [2.24, 2.45) is 0 Å². The number of rotatable bonds is 4. The Hall–Kier alpha value is -3.59. The summed E-state index contributed by atoms with van der Waals surface area (Å²) in [6.45, 7) is 0.0856. The van der Waals surface area contributed by atoms with Crippen LogP contribution in [0.4, 0.5) is 0 Å². The molecule has 2 aromatic carbocycles. The molecule has 1 N–H and O–H groups in total. The first-order chi connectivity index (χ1) is 12.6. The van der Waals surface area contributed by atoms with Gasteiger partial charge in [-0.05, 0) is 0 Å². The molecular weight excluding hydrogens is 332 g/mol. The lowest BCUT2D eigenvalue weighted by atomic mass is 9.86. The Morgan fingerprint density at radius 1 is 1.12 bits per heavy atom. The van der Waals surface area contributed by atoms with E-state index in [1.807, 2.05) is 12.1 Å². The summed E-state index contributed by atoms with van der Waals surface area (Å²) in [6, 6.07) is 19.5. The first-order valence-corrected chi connectivity index (χ1v) is 7.93. The van der Waals surface area contributed by atoms with Crippen LogP contribution in [0.1, 0.15) is 15.9 Å². The predicted octanol–water partition coefficient (Wildman–Crippen LogP) is 2.29. The van der Waals surface area contributed by atoms with E-state index in [1.165, 1.54) is 7.11 Å². The summed E-state index contributed by atoms with van der Waals surface area (Å²) in [7, 11) is 1.18. The number of ether oxygens (including phenoxy) is 2. The number of hydrogen-bond acceptors (Lipinski definition) is 6. The molecule has 1 aliphatic rings. The third-order valence-corrected chi connectivity index (χ3v) is 4.15. The molecule has 26 heavy (non-hydrogen) atoms. The molecule has 1 fully saturated rings. The van der Waals surface area contributed by atoms with Gasteiger partial charge in [0.2, 0.25) is 17.3 Å². The van der Waals surface area contributed by atoms with Gasteiger partial charge in [-0.1, -0.05) is 60.7 Å². The van der Waals surface area contributed by atoms with E-state index in [9.17, 15) is 14.9 Å². The van der Waals surface area contributed by atoms with Crippen molar-refractivity contribution in [2.75, 3.05) is 13.7 Å². The molecule has 0 saturated carbocycles. The molecule has 0 spiro atoms. The van der Waals surface area contributed by atoms with E-state index in [0.29, 0.717) is 11.1 Å². The SMILES string of the molecule is COC(=O)/C(C#N)=C1\NCC(C(=O)c2ccccc2)(c2ccccc2)O1. The second kappa shape index (κ2) is 7.11. The number of nitriles is 1. The number of benzene rings is 2. The fraction of sp³-hybridized carbons (Fsp3) is 0.150. The summed E-state index contributed by atoms with van der Waals surface area (Å²) in [5.41, 5.74) is -0.603. The topological polar surface area (TPSA) is 88.4 Å². The van der Waals surface area contributed by atoms with Gasteiger partial charge in [-0.2, -0.15) is 5.26 Å². The molecule has 1 unspecified atom stereocenters. The van der Waals surface area contributed by atoms with Crippen molar-refractivity contribution in [3.8, 4) is 6.07 Å². The van der Waals surface area contributed by atoms with Gasteiger partial charge in [0.1, 0.15) is 6.07 Å². The van der Waals surface area contributed by atoms with Crippen molar-refractivity contribution in [3.05, 3.63) is 83.2 Å². The molecule has 2 aromatic rings. The van der Waals surface area contributed by atoms with Gasteiger partial charge in [-0.3, -0.25) is 4.79 Å². The van der Waals surface area contributed by atoms with Crippen LogP contribution in [0.2, 0.25) is 0 Å². The zero-order valence-electron chi connectivity index (χ0n) is 14.1. The standard InChI is InChI=1S/C20H16N2O4/c1-25-19(24)16(12-21)18-22-13-20(26-18,15-10-6-3-7-11-15)17(23)14-8-4-2-5-9-14/h2-11,22H,13H2,1H3/b18-16+. The highest BCUT2D eigenvalue weighted by molar-refractivity contribution is 6.04. The minimum Gasteiger partial charge on any atom is -0.465 e. The van der Waals surface area contributed by atoms with Crippen molar-refractivity contribution < 1.29 is 19.1 Å². The number of methoxy groups -OCH3 is 1. The van der Waals surface area contributed by atoms with E-state index in [1.54, 1.807) is 54.6 Å². The quantitative estimate of drug-likeness (QED) is 0.395. The van der Waals surface area contributed by atoms with Gasteiger partial charge in [-0.15, -0.1) is 0 Å². The predicted molar refractivity (Wildman–Crippen MR) is 92.6 cm³/mol. The van der Waals surface area contributed by atoms with Crippen molar-refractivity contribution >= 4 is 11.8 Å². The lowest BCUT2D eigenvalue weighted by Crippen LogP contribution is -2.39. The smallest absolute Gasteiger partial charge is 0.354 e. The van der Waals surface area contributed by atoms with Gasteiger partial charge in [0.25, 0.3) is 0 Å². The Kier molecular flexibility index (Phi) is 4.72. The Bertz CT molecular complexity index is 900. The summed E-state index contributed by atoms with van der Waals surface area (Å²) in [6.07, 6.45) is 0. The zero-order valence-corrected chi connectivity index (χ0v) is 14.1. The molecule has 6 nitrogen and oxygen atoms in total. The van der Waals surface area contributed by atoms with Gasteiger partial charge in [0.05, 0.1) is 13.7 Å². The molecule has 0 aromatic heterocycles. The third-order valence-electron chi connectivity index (χ3n) is 4.15. The molecule has 3 rings (SSSR count). The Labute approximate surface area is 150 Å². The summed E-state index contributed by atoms with van der Waals surface area (Å²) in [4.78, 5) is 25.1. The van der Waals surface area contributed by atoms with Crippen molar-refractivity contribution in [1.82, 2.24) is 5.32 Å². The average Bonchev–Trinajstić information content (AvgIpc) is 3.15. The Balaban J connectivity index is 2.11. The van der Waals surface area contributed by atoms with Gasteiger partial charge >= 0.3 is 5.97 Å². The average molecular weight is 348 g/mol. The van der Waals surface area contributed by atoms with E-state index in [4.69, 9.17) is 4.74 Å². The van der Waals surface area contributed by atoms with Crippen LogP contribution in [0.3, 0.4) is 0 Å². The summed E-state index contributed by atoms with van der Waals surface area (Å²) < 4.78 is 10.5. The lowest BCUT2D eigenvalue weighted by molar-refractivity contribution is -0.136.